The lowest BCUT2D eigenvalue weighted by atomic mass is 10.2. The van der Waals surface area contributed by atoms with Crippen molar-refractivity contribution in [2.75, 3.05) is 0 Å². The average molecular weight is 432 g/mol. The molecular formula is C16H11F3N2O5S2. The first-order valence-electron chi connectivity index (χ1n) is 7.50. The molecule has 1 aromatic carbocycles. The number of pyridine rings is 1. The normalized spacial score (nSPS) is 12.2. The molecular weight excluding hydrogens is 421 g/mol. The molecule has 0 fully saturated rings. The number of alkyl halides is 3. The molecule has 0 saturated carbocycles. The fourth-order valence-electron chi connectivity index (χ4n) is 2.38. The summed E-state index contributed by atoms with van der Waals surface area (Å²) >= 11 is 0.443. The number of hydrogen-bond acceptors (Lipinski definition) is 6. The number of benzene rings is 1. The summed E-state index contributed by atoms with van der Waals surface area (Å²) in [5, 5.41) is 11.0. The summed E-state index contributed by atoms with van der Waals surface area (Å²) in [6.45, 7) is -0.269. The van der Waals surface area contributed by atoms with Crippen molar-refractivity contribution in [1.82, 2.24) is 9.71 Å². The van der Waals surface area contributed by atoms with Crippen LogP contribution in [0.3, 0.4) is 0 Å². The molecule has 12 heteroatoms. The van der Waals surface area contributed by atoms with Gasteiger partial charge >= 0.3 is 12.3 Å². The van der Waals surface area contributed by atoms with E-state index >= 15 is 0 Å². The van der Waals surface area contributed by atoms with E-state index in [2.05, 4.69) is 4.98 Å². The Morgan fingerprint density at radius 2 is 1.93 bits per heavy atom. The van der Waals surface area contributed by atoms with Gasteiger partial charge in [0.15, 0.2) is 5.75 Å². The van der Waals surface area contributed by atoms with Crippen molar-refractivity contribution in [2.24, 2.45) is 0 Å². The molecule has 3 rings (SSSR count). The predicted octanol–water partition coefficient (Wildman–Crippen LogP) is 3.37. The van der Waals surface area contributed by atoms with E-state index in [4.69, 9.17) is 9.84 Å². The number of carboxylic acids is 1. The molecule has 28 heavy (non-hydrogen) atoms. The third-order valence-electron chi connectivity index (χ3n) is 3.46. The third kappa shape index (κ3) is 4.40. The number of thiophene rings is 1. The smallest absolute Gasteiger partial charge is 0.470 e. The minimum atomic E-state index is -5.27. The van der Waals surface area contributed by atoms with Gasteiger partial charge in [-0.2, -0.15) is 13.2 Å². The number of nitrogens with zero attached hydrogens (tertiary/aromatic N) is 1. The quantitative estimate of drug-likeness (QED) is 0.579. The number of aromatic nitrogens is 1. The standard InChI is InChI=1S/C16H11F3N2O5S2/c17-16(18,19)21-28(24,25)14-12(8-27-13(14)15(22)23)26-7-10-6-5-9-3-1-2-4-11(9)20-10/h1-6,8,21H,7H2,(H,22,23). The fraction of sp³-hybridized carbons (Fsp3) is 0.125. The lowest BCUT2D eigenvalue weighted by Gasteiger charge is -2.12. The van der Waals surface area contributed by atoms with Gasteiger partial charge in [0.05, 0.1) is 11.2 Å². The summed E-state index contributed by atoms with van der Waals surface area (Å²) in [6.07, 6.45) is -5.27. The highest BCUT2D eigenvalue weighted by Crippen LogP contribution is 2.35. The van der Waals surface area contributed by atoms with Crippen LogP contribution in [0.15, 0.2) is 46.7 Å². The van der Waals surface area contributed by atoms with Gasteiger partial charge < -0.3 is 9.84 Å². The van der Waals surface area contributed by atoms with Crippen molar-refractivity contribution >= 4 is 38.2 Å². The van der Waals surface area contributed by atoms with E-state index in [-0.39, 0.29) is 6.61 Å². The second-order valence-electron chi connectivity index (χ2n) is 5.45. The molecule has 0 aliphatic rings. The number of para-hydroxylation sites is 1. The van der Waals surface area contributed by atoms with Crippen molar-refractivity contribution in [1.29, 1.82) is 0 Å². The Morgan fingerprint density at radius 1 is 1.21 bits per heavy atom. The minimum absolute atomic E-state index is 0.269. The van der Waals surface area contributed by atoms with Crippen LogP contribution in [0.5, 0.6) is 5.75 Å². The Labute approximate surface area is 160 Å². The van der Waals surface area contributed by atoms with Gasteiger partial charge in [0.2, 0.25) is 0 Å². The summed E-state index contributed by atoms with van der Waals surface area (Å²) in [5.74, 6) is -2.19. The Kier molecular flexibility index (Phi) is 5.28. The number of rotatable bonds is 6. The van der Waals surface area contributed by atoms with E-state index in [0.717, 1.165) is 10.8 Å². The van der Waals surface area contributed by atoms with Crippen LogP contribution in [0.4, 0.5) is 13.2 Å². The third-order valence-corrected chi connectivity index (χ3v) is 5.98. The zero-order valence-corrected chi connectivity index (χ0v) is 15.4. The van der Waals surface area contributed by atoms with Crippen molar-refractivity contribution in [3.05, 3.63) is 52.3 Å². The Hall–Kier alpha value is -2.70. The summed E-state index contributed by atoms with van der Waals surface area (Å²) in [7, 11) is -5.21. The number of sulfonamides is 1. The van der Waals surface area contributed by atoms with Gasteiger partial charge in [0.1, 0.15) is 16.4 Å². The Morgan fingerprint density at radius 3 is 2.61 bits per heavy atom. The van der Waals surface area contributed by atoms with Crippen molar-refractivity contribution in [2.45, 2.75) is 17.8 Å². The van der Waals surface area contributed by atoms with E-state index in [9.17, 15) is 26.4 Å². The Bertz CT molecular complexity index is 1140. The number of fused-ring (bicyclic) bond motifs is 1. The van der Waals surface area contributed by atoms with Crippen LogP contribution in [-0.4, -0.2) is 30.8 Å². The molecule has 0 aliphatic carbocycles. The number of halogens is 3. The molecule has 0 radical (unpaired) electrons. The first-order chi connectivity index (χ1) is 13.1. The van der Waals surface area contributed by atoms with Crippen LogP contribution in [0.2, 0.25) is 0 Å². The number of hydrogen-bond donors (Lipinski definition) is 2. The average Bonchev–Trinajstić information content (AvgIpc) is 3.03. The van der Waals surface area contributed by atoms with Crippen LogP contribution < -0.4 is 9.46 Å². The minimum Gasteiger partial charge on any atom is -0.485 e. The van der Waals surface area contributed by atoms with Crippen LogP contribution in [0.25, 0.3) is 10.9 Å². The summed E-state index contributed by atoms with van der Waals surface area (Å²) in [6, 6.07) is 10.5. The highest BCUT2D eigenvalue weighted by molar-refractivity contribution is 7.89. The number of carbonyl (C=O) groups is 1. The van der Waals surface area contributed by atoms with Gasteiger partial charge in [-0.05, 0) is 12.1 Å². The highest BCUT2D eigenvalue weighted by Gasteiger charge is 2.39. The monoisotopic (exact) mass is 432 g/mol. The number of aromatic carboxylic acids is 1. The van der Waals surface area contributed by atoms with E-state index in [1.165, 1.54) is 0 Å². The zero-order valence-electron chi connectivity index (χ0n) is 13.7. The molecule has 0 bridgehead atoms. The van der Waals surface area contributed by atoms with Crippen LogP contribution in [0, 0.1) is 0 Å². The van der Waals surface area contributed by atoms with E-state index in [1.807, 2.05) is 12.1 Å². The number of ether oxygens (including phenoxy) is 1. The van der Waals surface area contributed by atoms with Crippen molar-refractivity contribution in [3.8, 4) is 5.75 Å². The lowest BCUT2D eigenvalue weighted by molar-refractivity contribution is -0.138. The first-order valence-corrected chi connectivity index (χ1v) is 9.86. The largest absolute Gasteiger partial charge is 0.485 e. The van der Waals surface area contributed by atoms with E-state index < -0.39 is 37.8 Å². The molecule has 0 atom stereocenters. The molecule has 0 aliphatic heterocycles. The maximum Gasteiger partial charge on any atom is 0.470 e. The SMILES string of the molecule is O=C(O)c1scc(OCc2ccc3ccccc3n2)c1S(=O)(=O)NC(F)(F)F. The number of nitrogens with one attached hydrogen (secondary N) is 1. The van der Waals surface area contributed by atoms with Crippen LogP contribution in [-0.2, 0) is 16.6 Å². The molecule has 2 aromatic heterocycles. The zero-order chi connectivity index (χ0) is 20.5. The summed E-state index contributed by atoms with van der Waals surface area (Å²) in [4.78, 5) is 13.7. The first kappa shape index (κ1) is 20.0. The van der Waals surface area contributed by atoms with E-state index in [0.29, 0.717) is 27.3 Å². The molecule has 0 amide bonds. The molecule has 0 unspecified atom stereocenters. The molecule has 0 spiro atoms. The van der Waals surface area contributed by atoms with Crippen molar-refractivity contribution in [3.63, 3.8) is 0 Å². The van der Waals surface area contributed by atoms with Crippen LogP contribution >= 0.6 is 11.3 Å². The Balaban J connectivity index is 1.92. The molecule has 2 heterocycles. The topological polar surface area (TPSA) is 106 Å². The van der Waals surface area contributed by atoms with Gasteiger partial charge in [-0.15, -0.1) is 16.1 Å². The molecule has 0 saturated heterocycles. The fourth-order valence-corrected chi connectivity index (χ4v) is 4.76. The lowest BCUT2D eigenvalue weighted by Crippen LogP contribution is -2.37. The maximum absolute atomic E-state index is 12.5. The molecule has 2 N–H and O–H groups in total. The predicted molar refractivity (Wildman–Crippen MR) is 93.7 cm³/mol. The van der Waals surface area contributed by atoms with Gasteiger partial charge in [-0.3, -0.25) is 0 Å². The molecule has 148 valence electrons. The molecule has 7 nitrogen and oxygen atoms in total. The van der Waals surface area contributed by atoms with Crippen LogP contribution in [0.1, 0.15) is 15.4 Å². The maximum atomic E-state index is 12.5. The van der Waals surface area contributed by atoms with Gasteiger partial charge in [0, 0.05) is 10.8 Å². The van der Waals surface area contributed by atoms with Gasteiger partial charge in [-0.25, -0.2) is 18.2 Å². The second-order valence-corrected chi connectivity index (χ2v) is 7.95. The van der Waals surface area contributed by atoms with E-state index in [1.54, 1.807) is 24.3 Å². The highest BCUT2D eigenvalue weighted by atomic mass is 32.2. The van der Waals surface area contributed by atoms with Crippen molar-refractivity contribution < 1.29 is 36.2 Å². The van der Waals surface area contributed by atoms with Gasteiger partial charge in [0.25, 0.3) is 10.0 Å². The second kappa shape index (κ2) is 7.37. The summed E-state index contributed by atoms with van der Waals surface area (Å²) < 4.78 is 67.5. The summed E-state index contributed by atoms with van der Waals surface area (Å²) in [5.41, 5.74) is 1.03. The molecule has 3 aromatic rings. The number of carboxylic acid groups (broad SMARTS) is 1. The van der Waals surface area contributed by atoms with Gasteiger partial charge in [-0.1, -0.05) is 24.3 Å².